The third kappa shape index (κ3) is 4.38. The topological polar surface area (TPSA) is 77.1 Å². The summed E-state index contributed by atoms with van der Waals surface area (Å²) in [5.41, 5.74) is 1.72. The van der Waals surface area contributed by atoms with Crippen molar-refractivity contribution in [3.05, 3.63) is 65.7 Å². The fourth-order valence-corrected chi connectivity index (χ4v) is 4.75. The van der Waals surface area contributed by atoms with E-state index in [1.54, 1.807) is 12.0 Å². The van der Waals surface area contributed by atoms with Gasteiger partial charge in [-0.2, -0.15) is 0 Å². The highest BCUT2D eigenvalue weighted by Crippen LogP contribution is 2.33. The fraction of sp³-hybridized carbons (Fsp3) is 0.333. The molecule has 0 saturated carbocycles. The second kappa shape index (κ2) is 9.63. The Kier molecular flexibility index (Phi) is 6.25. The Hall–Kier alpha value is -3.74. The predicted octanol–water partition coefficient (Wildman–Crippen LogP) is 3.79. The summed E-state index contributed by atoms with van der Waals surface area (Å²) in [5.74, 6) is 1.99. The highest BCUT2D eigenvalue weighted by Gasteiger charge is 2.29. The van der Waals surface area contributed by atoms with Gasteiger partial charge in [-0.3, -0.25) is 9.59 Å². The Morgan fingerprint density at radius 2 is 1.88 bits per heavy atom. The van der Waals surface area contributed by atoms with E-state index in [-0.39, 0.29) is 24.5 Å². The van der Waals surface area contributed by atoms with Crippen molar-refractivity contribution in [1.82, 2.24) is 10.2 Å². The number of methoxy groups -OCH3 is 1. The molecular formula is C27H28N2O5. The van der Waals surface area contributed by atoms with Crippen molar-refractivity contribution in [1.29, 1.82) is 0 Å². The van der Waals surface area contributed by atoms with Crippen LogP contribution >= 0.6 is 0 Å². The smallest absolute Gasteiger partial charge is 0.254 e. The number of rotatable bonds is 6. The third-order valence-corrected chi connectivity index (χ3v) is 6.56. The minimum Gasteiger partial charge on any atom is -0.496 e. The minimum atomic E-state index is -0.209. The monoisotopic (exact) mass is 460 g/mol. The Labute approximate surface area is 198 Å². The van der Waals surface area contributed by atoms with Crippen molar-refractivity contribution in [2.24, 2.45) is 5.92 Å². The van der Waals surface area contributed by atoms with Crippen LogP contribution in [0.3, 0.4) is 0 Å². The standard InChI is InChI=1S/C27H28N2O5/c1-32-23-11-9-22(20-6-2-3-7-21(20)23)27(31)29-14-4-5-19(16-29)26(30)28-13-12-18-8-10-24-25(15-18)34-17-33-24/h2-3,6-11,15,19H,4-5,12-14,16-17H2,1H3,(H,28,30). The molecule has 5 rings (SSSR count). The Balaban J connectivity index is 1.21. The molecule has 0 bridgehead atoms. The number of carbonyl (C=O) groups is 2. The maximum absolute atomic E-state index is 13.4. The number of ether oxygens (including phenoxy) is 3. The fourth-order valence-electron chi connectivity index (χ4n) is 4.75. The number of carbonyl (C=O) groups excluding carboxylic acids is 2. The van der Waals surface area contributed by atoms with Gasteiger partial charge in [-0.25, -0.2) is 0 Å². The first-order chi connectivity index (χ1) is 16.6. The van der Waals surface area contributed by atoms with Gasteiger partial charge in [-0.15, -0.1) is 0 Å². The second-order valence-corrected chi connectivity index (χ2v) is 8.68. The lowest BCUT2D eigenvalue weighted by Crippen LogP contribution is -2.45. The summed E-state index contributed by atoms with van der Waals surface area (Å²) in [5, 5.41) is 4.82. The molecule has 7 heteroatoms. The number of nitrogens with one attached hydrogen (secondary N) is 1. The molecule has 0 aromatic heterocycles. The molecule has 2 aliphatic heterocycles. The second-order valence-electron chi connectivity index (χ2n) is 8.68. The van der Waals surface area contributed by atoms with E-state index in [1.165, 1.54) is 0 Å². The van der Waals surface area contributed by atoms with E-state index in [4.69, 9.17) is 14.2 Å². The largest absolute Gasteiger partial charge is 0.496 e. The molecule has 2 aliphatic rings. The maximum atomic E-state index is 13.4. The van der Waals surface area contributed by atoms with Crippen molar-refractivity contribution < 1.29 is 23.8 Å². The van der Waals surface area contributed by atoms with Crippen molar-refractivity contribution in [2.45, 2.75) is 19.3 Å². The SMILES string of the molecule is COc1ccc(C(=O)N2CCCC(C(=O)NCCc3ccc4c(c3)OCO4)C2)c2ccccc12. The first-order valence-corrected chi connectivity index (χ1v) is 11.7. The number of hydrogen-bond donors (Lipinski definition) is 1. The lowest BCUT2D eigenvalue weighted by atomic mass is 9.95. The Bertz CT molecular complexity index is 1220. The van der Waals surface area contributed by atoms with Crippen LogP contribution in [-0.4, -0.2) is 50.3 Å². The zero-order valence-corrected chi connectivity index (χ0v) is 19.2. The molecule has 0 radical (unpaired) electrons. The van der Waals surface area contributed by atoms with Gasteiger partial charge in [0.2, 0.25) is 12.7 Å². The van der Waals surface area contributed by atoms with E-state index in [1.807, 2.05) is 54.6 Å². The molecule has 2 heterocycles. The van der Waals surface area contributed by atoms with E-state index in [2.05, 4.69) is 5.32 Å². The number of amides is 2. The number of piperidine rings is 1. The van der Waals surface area contributed by atoms with Crippen LogP contribution in [0.5, 0.6) is 17.2 Å². The van der Waals surface area contributed by atoms with Crippen molar-refractivity contribution in [3.63, 3.8) is 0 Å². The quantitative estimate of drug-likeness (QED) is 0.606. The van der Waals surface area contributed by atoms with Crippen LogP contribution < -0.4 is 19.5 Å². The molecule has 1 N–H and O–H groups in total. The van der Waals surface area contributed by atoms with Gasteiger partial charge in [0.15, 0.2) is 11.5 Å². The van der Waals surface area contributed by atoms with Crippen LogP contribution in [-0.2, 0) is 11.2 Å². The highest BCUT2D eigenvalue weighted by atomic mass is 16.7. The normalized spacial score (nSPS) is 17.0. The van der Waals surface area contributed by atoms with Crippen LogP contribution in [0, 0.1) is 5.92 Å². The Morgan fingerprint density at radius 3 is 2.74 bits per heavy atom. The molecule has 2 amide bonds. The van der Waals surface area contributed by atoms with Gasteiger partial charge >= 0.3 is 0 Å². The summed E-state index contributed by atoms with van der Waals surface area (Å²) in [7, 11) is 1.63. The molecule has 176 valence electrons. The molecule has 0 aliphatic carbocycles. The number of fused-ring (bicyclic) bond motifs is 2. The third-order valence-electron chi connectivity index (χ3n) is 6.56. The molecular weight excluding hydrogens is 432 g/mol. The first kappa shape index (κ1) is 22.1. The van der Waals surface area contributed by atoms with E-state index in [9.17, 15) is 9.59 Å². The molecule has 1 saturated heterocycles. The molecule has 1 atom stereocenters. The van der Waals surface area contributed by atoms with Gasteiger partial charge in [-0.05, 0) is 54.5 Å². The summed E-state index contributed by atoms with van der Waals surface area (Å²) in [6.07, 6.45) is 2.29. The van der Waals surface area contributed by atoms with E-state index < -0.39 is 0 Å². The number of nitrogens with zero attached hydrogens (tertiary/aromatic N) is 1. The van der Waals surface area contributed by atoms with Crippen LogP contribution in [0.1, 0.15) is 28.8 Å². The summed E-state index contributed by atoms with van der Waals surface area (Å²) < 4.78 is 16.2. The molecule has 3 aromatic rings. The lowest BCUT2D eigenvalue weighted by Gasteiger charge is -2.32. The predicted molar refractivity (Wildman–Crippen MR) is 128 cm³/mol. The van der Waals surface area contributed by atoms with E-state index in [0.29, 0.717) is 31.6 Å². The van der Waals surface area contributed by atoms with Gasteiger partial charge in [0.1, 0.15) is 5.75 Å². The average molecular weight is 461 g/mol. The van der Waals surface area contributed by atoms with Gasteiger partial charge in [0.05, 0.1) is 13.0 Å². The number of benzene rings is 3. The number of hydrogen-bond acceptors (Lipinski definition) is 5. The summed E-state index contributed by atoms with van der Waals surface area (Å²) in [6.45, 7) is 1.86. The first-order valence-electron chi connectivity index (χ1n) is 11.7. The lowest BCUT2D eigenvalue weighted by molar-refractivity contribution is -0.126. The van der Waals surface area contributed by atoms with E-state index in [0.717, 1.165) is 46.4 Å². The molecule has 34 heavy (non-hydrogen) atoms. The zero-order valence-electron chi connectivity index (χ0n) is 19.2. The summed E-state index contributed by atoms with van der Waals surface area (Å²) in [4.78, 5) is 28.1. The van der Waals surface area contributed by atoms with Crippen molar-refractivity contribution in [3.8, 4) is 17.2 Å². The minimum absolute atomic E-state index is 0.00201. The van der Waals surface area contributed by atoms with Crippen molar-refractivity contribution in [2.75, 3.05) is 33.5 Å². The van der Waals surface area contributed by atoms with Gasteiger partial charge in [0.25, 0.3) is 5.91 Å². The summed E-state index contributed by atoms with van der Waals surface area (Å²) in [6, 6.07) is 17.2. The molecule has 7 nitrogen and oxygen atoms in total. The maximum Gasteiger partial charge on any atom is 0.254 e. The zero-order chi connectivity index (χ0) is 23.5. The average Bonchev–Trinajstić information content (AvgIpc) is 3.35. The van der Waals surface area contributed by atoms with Crippen LogP contribution in [0.15, 0.2) is 54.6 Å². The summed E-state index contributed by atoms with van der Waals surface area (Å²) >= 11 is 0. The molecule has 1 fully saturated rings. The van der Waals surface area contributed by atoms with Crippen LogP contribution in [0.2, 0.25) is 0 Å². The van der Waals surface area contributed by atoms with Gasteiger partial charge in [0, 0.05) is 30.6 Å². The van der Waals surface area contributed by atoms with E-state index >= 15 is 0 Å². The molecule has 3 aromatic carbocycles. The van der Waals surface area contributed by atoms with Crippen LogP contribution in [0.4, 0.5) is 0 Å². The molecule has 1 unspecified atom stereocenters. The molecule has 0 spiro atoms. The van der Waals surface area contributed by atoms with Crippen LogP contribution in [0.25, 0.3) is 10.8 Å². The number of likely N-dealkylation sites (tertiary alicyclic amines) is 1. The van der Waals surface area contributed by atoms with Gasteiger partial charge < -0.3 is 24.4 Å². The van der Waals surface area contributed by atoms with Crippen molar-refractivity contribution >= 4 is 22.6 Å². The highest BCUT2D eigenvalue weighted by molar-refractivity contribution is 6.08. The van der Waals surface area contributed by atoms with Gasteiger partial charge in [-0.1, -0.05) is 30.3 Å². The Morgan fingerprint density at radius 1 is 1.06 bits per heavy atom.